The number of nitriles is 1. The summed E-state index contributed by atoms with van der Waals surface area (Å²) in [7, 11) is 0. The van der Waals surface area contributed by atoms with Crippen molar-refractivity contribution >= 4 is 0 Å². The average Bonchev–Trinajstić information content (AvgIpc) is 2.10. The zero-order chi connectivity index (χ0) is 10.7. The van der Waals surface area contributed by atoms with Gasteiger partial charge in [0.15, 0.2) is 11.6 Å². The van der Waals surface area contributed by atoms with Crippen molar-refractivity contribution in [3.05, 3.63) is 29.3 Å². The van der Waals surface area contributed by atoms with Gasteiger partial charge in [0.1, 0.15) is 11.8 Å². The van der Waals surface area contributed by atoms with Crippen molar-refractivity contribution < 1.29 is 13.5 Å². The molecular weight excluding hydrogens is 188 g/mol. The van der Waals surface area contributed by atoms with E-state index in [0.717, 1.165) is 6.07 Å². The quantitative estimate of drug-likeness (QED) is 0.730. The van der Waals surface area contributed by atoms with Crippen LogP contribution in [0, 0.1) is 23.0 Å². The first kappa shape index (κ1) is 10.5. The summed E-state index contributed by atoms with van der Waals surface area (Å²) in [6.45, 7) is 3.51. The topological polar surface area (TPSA) is 33.0 Å². The summed E-state index contributed by atoms with van der Waals surface area (Å²) in [5.41, 5.74) is -0.347. The molecule has 0 fully saturated rings. The highest BCUT2D eigenvalue weighted by Gasteiger charge is 2.11. The highest BCUT2D eigenvalue weighted by Crippen LogP contribution is 2.20. The molecule has 1 rings (SSSR count). The number of halogens is 2. The van der Waals surface area contributed by atoms with E-state index in [2.05, 4.69) is 0 Å². The molecule has 0 saturated carbocycles. The highest BCUT2D eigenvalue weighted by atomic mass is 19.2. The third-order valence-electron chi connectivity index (χ3n) is 1.49. The van der Waals surface area contributed by atoms with Gasteiger partial charge >= 0.3 is 0 Å². The smallest absolute Gasteiger partial charge is 0.176 e. The van der Waals surface area contributed by atoms with Gasteiger partial charge in [0.05, 0.1) is 11.7 Å². The molecule has 0 unspecified atom stereocenters. The van der Waals surface area contributed by atoms with E-state index >= 15 is 0 Å². The monoisotopic (exact) mass is 197 g/mol. The Kier molecular flexibility index (Phi) is 3.03. The van der Waals surface area contributed by atoms with E-state index in [1.165, 1.54) is 6.07 Å². The highest BCUT2D eigenvalue weighted by molar-refractivity contribution is 5.38. The van der Waals surface area contributed by atoms with Crippen molar-refractivity contribution in [2.45, 2.75) is 20.0 Å². The van der Waals surface area contributed by atoms with E-state index in [9.17, 15) is 8.78 Å². The number of ether oxygens (including phenoxy) is 1. The average molecular weight is 197 g/mol. The lowest BCUT2D eigenvalue weighted by Gasteiger charge is -2.09. The van der Waals surface area contributed by atoms with E-state index in [-0.39, 0.29) is 17.4 Å². The molecule has 0 amide bonds. The van der Waals surface area contributed by atoms with Gasteiger partial charge in [0.2, 0.25) is 0 Å². The molecule has 1 aromatic rings. The molecule has 4 heteroatoms. The maximum Gasteiger partial charge on any atom is 0.176 e. The van der Waals surface area contributed by atoms with Gasteiger partial charge in [-0.3, -0.25) is 0 Å². The van der Waals surface area contributed by atoms with Crippen LogP contribution in [0.2, 0.25) is 0 Å². The molecule has 14 heavy (non-hydrogen) atoms. The van der Waals surface area contributed by atoms with Crippen LogP contribution in [0.4, 0.5) is 8.78 Å². The maximum atomic E-state index is 12.9. The van der Waals surface area contributed by atoms with E-state index in [1.807, 2.05) is 0 Å². The van der Waals surface area contributed by atoms with Crippen LogP contribution in [0.25, 0.3) is 0 Å². The van der Waals surface area contributed by atoms with Crippen molar-refractivity contribution in [1.29, 1.82) is 5.26 Å². The molecule has 0 bridgehead atoms. The summed E-state index contributed by atoms with van der Waals surface area (Å²) in [6.07, 6.45) is -0.147. The fourth-order valence-corrected chi connectivity index (χ4v) is 0.986. The van der Waals surface area contributed by atoms with E-state index in [0.29, 0.717) is 0 Å². The third kappa shape index (κ3) is 2.19. The zero-order valence-electron chi connectivity index (χ0n) is 7.84. The summed E-state index contributed by atoms with van der Waals surface area (Å²) >= 11 is 0. The lowest BCUT2D eigenvalue weighted by Crippen LogP contribution is -2.06. The molecule has 1 aromatic carbocycles. The van der Waals surface area contributed by atoms with Crippen molar-refractivity contribution in [3.63, 3.8) is 0 Å². The van der Waals surface area contributed by atoms with Gasteiger partial charge < -0.3 is 4.74 Å². The summed E-state index contributed by atoms with van der Waals surface area (Å²) in [4.78, 5) is 0. The first-order valence-electron chi connectivity index (χ1n) is 4.10. The zero-order valence-corrected chi connectivity index (χ0v) is 7.84. The van der Waals surface area contributed by atoms with Gasteiger partial charge in [0, 0.05) is 12.1 Å². The van der Waals surface area contributed by atoms with Crippen LogP contribution in [0.3, 0.4) is 0 Å². The molecule has 0 N–H and O–H groups in total. The van der Waals surface area contributed by atoms with Gasteiger partial charge in [-0.05, 0) is 13.8 Å². The Hall–Kier alpha value is -1.63. The van der Waals surface area contributed by atoms with Crippen molar-refractivity contribution in [3.8, 4) is 11.8 Å². The van der Waals surface area contributed by atoms with Crippen LogP contribution >= 0.6 is 0 Å². The predicted octanol–water partition coefficient (Wildman–Crippen LogP) is 2.62. The van der Waals surface area contributed by atoms with Gasteiger partial charge in [0.25, 0.3) is 0 Å². The van der Waals surface area contributed by atoms with E-state index in [4.69, 9.17) is 10.00 Å². The first-order valence-corrected chi connectivity index (χ1v) is 4.10. The first-order chi connectivity index (χ1) is 6.54. The SMILES string of the molecule is CC(C)Oc1cc(F)c(F)c(C#N)c1. The molecule has 0 aliphatic rings. The van der Waals surface area contributed by atoms with Crippen molar-refractivity contribution in [1.82, 2.24) is 0 Å². The van der Waals surface area contributed by atoms with Crippen molar-refractivity contribution in [2.24, 2.45) is 0 Å². The third-order valence-corrected chi connectivity index (χ3v) is 1.49. The number of benzene rings is 1. The Morgan fingerprint density at radius 3 is 2.50 bits per heavy atom. The van der Waals surface area contributed by atoms with Crippen LogP contribution in [0.15, 0.2) is 12.1 Å². The second kappa shape index (κ2) is 4.05. The minimum atomic E-state index is -1.14. The Bertz CT molecular complexity index is 382. The Morgan fingerprint density at radius 1 is 1.36 bits per heavy atom. The Balaban J connectivity index is 3.11. The number of rotatable bonds is 2. The molecule has 0 radical (unpaired) electrons. The molecule has 0 heterocycles. The molecule has 0 aliphatic carbocycles. The Labute approximate surface area is 80.7 Å². The minimum absolute atomic E-state index is 0.147. The van der Waals surface area contributed by atoms with Gasteiger partial charge in [-0.2, -0.15) is 5.26 Å². The van der Waals surface area contributed by atoms with Crippen LogP contribution in [0.1, 0.15) is 19.4 Å². The molecule has 0 aromatic heterocycles. The largest absolute Gasteiger partial charge is 0.491 e. The fraction of sp³-hybridized carbons (Fsp3) is 0.300. The molecular formula is C10H9F2NO. The lowest BCUT2D eigenvalue weighted by atomic mass is 10.2. The molecule has 74 valence electrons. The standard InChI is InChI=1S/C10H9F2NO/c1-6(2)14-8-3-7(5-13)10(12)9(11)4-8/h3-4,6H,1-2H3. The minimum Gasteiger partial charge on any atom is -0.491 e. The van der Waals surface area contributed by atoms with Crippen LogP contribution in [0.5, 0.6) is 5.75 Å². The maximum absolute atomic E-state index is 12.9. The second-order valence-corrected chi connectivity index (χ2v) is 3.05. The van der Waals surface area contributed by atoms with Gasteiger partial charge in [-0.25, -0.2) is 8.78 Å². The van der Waals surface area contributed by atoms with Crippen LogP contribution in [-0.4, -0.2) is 6.10 Å². The normalized spacial score (nSPS) is 10.0. The van der Waals surface area contributed by atoms with E-state index < -0.39 is 11.6 Å². The second-order valence-electron chi connectivity index (χ2n) is 3.05. The van der Waals surface area contributed by atoms with E-state index in [1.54, 1.807) is 19.9 Å². The molecule has 0 saturated heterocycles. The summed E-state index contributed by atoms with van der Waals surface area (Å²) in [5, 5.41) is 8.49. The van der Waals surface area contributed by atoms with Gasteiger partial charge in [-0.15, -0.1) is 0 Å². The molecule has 0 spiro atoms. The molecule has 0 atom stereocenters. The van der Waals surface area contributed by atoms with Crippen LogP contribution in [-0.2, 0) is 0 Å². The van der Waals surface area contributed by atoms with Crippen molar-refractivity contribution in [2.75, 3.05) is 0 Å². The fourth-order valence-electron chi connectivity index (χ4n) is 0.986. The van der Waals surface area contributed by atoms with Crippen LogP contribution < -0.4 is 4.74 Å². The number of hydrogen-bond donors (Lipinski definition) is 0. The lowest BCUT2D eigenvalue weighted by molar-refractivity contribution is 0.240. The summed E-state index contributed by atoms with van der Waals surface area (Å²) in [6, 6.07) is 3.66. The summed E-state index contributed by atoms with van der Waals surface area (Å²) < 4.78 is 30.9. The summed E-state index contributed by atoms with van der Waals surface area (Å²) in [5.74, 6) is -2.04. The Morgan fingerprint density at radius 2 is 2.00 bits per heavy atom. The molecule has 0 aliphatic heterocycles. The number of nitrogens with zero attached hydrogens (tertiary/aromatic N) is 1. The number of hydrogen-bond acceptors (Lipinski definition) is 2. The van der Waals surface area contributed by atoms with Gasteiger partial charge in [-0.1, -0.05) is 0 Å². The molecule has 2 nitrogen and oxygen atoms in total. The predicted molar refractivity (Wildman–Crippen MR) is 46.8 cm³/mol.